The molecule has 0 aliphatic carbocycles. The lowest BCUT2D eigenvalue weighted by molar-refractivity contribution is 0.1000. The minimum Gasteiger partial charge on any atom is -0.383 e. The number of thiazole rings is 1. The summed E-state index contributed by atoms with van der Waals surface area (Å²) >= 11 is 7.03. The number of nitrogens with two attached hydrogens (primary N) is 1. The normalized spacial score (nSPS) is 12.4. The number of halogens is 1. The van der Waals surface area contributed by atoms with Gasteiger partial charge in [0.05, 0.1) is 4.88 Å². The lowest BCUT2D eigenvalue weighted by atomic mass is 10.1. The highest BCUT2D eigenvalue weighted by Crippen LogP contribution is 2.30. The molecule has 0 fully saturated rings. The van der Waals surface area contributed by atoms with Crippen LogP contribution in [0.25, 0.3) is 0 Å². The fourth-order valence-corrected chi connectivity index (χ4v) is 2.39. The minimum absolute atomic E-state index is 0.172. The van der Waals surface area contributed by atoms with Gasteiger partial charge in [0.2, 0.25) is 0 Å². The van der Waals surface area contributed by atoms with Crippen molar-refractivity contribution in [2.45, 2.75) is 6.10 Å². The summed E-state index contributed by atoms with van der Waals surface area (Å²) in [5.41, 5.74) is 5.67. The van der Waals surface area contributed by atoms with Crippen LogP contribution < -0.4 is 5.73 Å². The van der Waals surface area contributed by atoms with Gasteiger partial charge in [-0.2, -0.15) is 0 Å². The van der Waals surface area contributed by atoms with E-state index in [1.165, 1.54) is 6.20 Å². The van der Waals surface area contributed by atoms with E-state index in [2.05, 4.69) is 4.98 Å². The number of primary amides is 1. The van der Waals surface area contributed by atoms with Crippen LogP contribution in [0.5, 0.6) is 0 Å². The Bertz CT molecular complexity index is 556. The summed E-state index contributed by atoms with van der Waals surface area (Å²) in [4.78, 5) is 15.3. The van der Waals surface area contributed by atoms with Gasteiger partial charge in [0.1, 0.15) is 6.10 Å². The Morgan fingerprint density at radius 2 is 2.18 bits per heavy atom. The molecule has 0 saturated heterocycles. The molecule has 1 heterocycles. The van der Waals surface area contributed by atoms with Crippen molar-refractivity contribution < 1.29 is 9.90 Å². The first-order valence-corrected chi connectivity index (χ1v) is 5.97. The molecular weight excluding hydrogens is 260 g/mol. The highest BCUT2D eigenvalue weighted by atomic mass is 35.5. The molecule has 4 nitrogen and oxygen atoms in total. The van der Waals surface area contributed by atoms with Gasteiger partial charge in [0.25, 0.3) is 5.91 Å². The molecule has 0 radical (unpaired) electrons. The highest BCUT2D eigenvalue weighted by Gasteiger charge is 2.17. The van der Waals surface area contributed by atoms with Gasteiger partial charge >= 0.3 is 0 Å². The number of carbonyl (C=O) groups excluding carboxylic acids is 1. The second-order valence-corrected chi connectivity index (χ2v) is 4.83. The summed E-state index contributed by atoms with van der Waals surface area (Å²) in [7, 11) is 0. The van der Waals surface area contributed by atoms with Gasteiger partial charge in [-0.05, 0) is 6.07 Å². The number of carbonyl (C=O) groups is 1. The molecular formula is C11H9ClN2O2S. The zero-order valence-corrected chi connectivity index (χ0v) is 10.2. The molecule has 2 rings (SSSR count). The van der Waals surface area contributed by atoms with Crippen LogP contribution in [0.1, 0.15) is 26.3 Å². The summed E-state index contributed by atoms with van der Waals surface area (Å²) in [6.45, 7) is 0. The quantitative estimate of drug-likeness (QED) is 0.894. The monoisotopic (exact) mass is 268 g/mol. The SMILES string of the molecule is NC(=O)c1ncc(C(O)c2ccccc2Cl)s1. The van der Waals surface area contributed by atoms with Crippen molar-refractivity contribution in [3.05, 3.63) is 50.9 Å². The van der Waals surface area contributed by atoms with Crippen LogP contribution in [0, 0.1) is 0 Å². The van der Waals surface area contributed by atoms with E-state index < -0.39 is 12.0 Å². The molecule has 17 heavy (non-hydrogen) atoms. The van der Waals surface area contributed by atoms with Gasteiger partial charge in [0.15, 0.2) is 5.01 Å². The van der Waals surface area contributed by atoms with Crippen LogP contribution in [-0.4, -0.2) is 16.0 Å². The lowest BCUT2D eigenvalue weighted by Crippen LogP contribution is -2.09. The molecule has 6 heteroatoms. The van der Waals surface area contributed by atoms with Gasteiger partial charge in [-0.1, -0.05) is 29.8 Å². The van der Waals surface area contributed by atoms with E-state index in [0.717, 1.165) is 11.3 Å². The minimum atomic E-state index is -0.894. The molecule has 0 aliphatic heterocycles. The number of nitrogens with zero attached hydrogens (tertiary/aromatic N) is 1. The molecule has 1 aromatic carbocycles. The number of aromatic nitrogens is 1. The molecule has 1 aromatic heterocycles. The predicted octanol–water partition coefficient (Wildman–Crippen LogP) is 1.98. The van der Waals surface area contributed by atoms with Crippen LogP contribution in [0.2, 0.25) is 5.02 Å². The molecule has 0 spiro atoms. The summed E-state index contributed by atoms with van der Waals surface area (Å²) in [5.74, 6) is -0.604. The van der Waals surface area contributed by atoms with Gasteiger partial charge in [-0.3, -0.25) is 4.79 Å². The Balaban J connectivity index is 2.34. The average molecular weight is 269 g/mol. The number of hydrogen-bond donors (Lipinski definition) is 2. The maximum absolute atomic E-state index is 10.9. The summed E-state index contributed by atoms with van der Waals surface area (Å²) in [5, 5.41) is 10.7. The van der Waals surface area contributed by atoms with E-state index in [1.54, 1.807) is 24.3 Å². The molecule has 0 saturated carbocycles. The van der Waals surface area contributed by atoms with Crippen molar-refractivity contribution >= 4 is 28.8 Å². The van der Waals surface area contributed by atoms with Gasteiger partial charge < -0.3 is 10.8 Å². The van der Waals surface area contributed by atoms with Gasteiger partial charge in [0, 0.05) is 16.8 Å². The largest absolute Gasteiger partial charge is 0.383 e. The van der Waals surface area contributed by atoms with Crippen molar-refractivity contribution in [1.82, 2.24) is 4.98 Å². The van der Waals surface area contributed by atoms with Gasteiger partial charge in [-0.15, -0.1) is 11.3 Å². The van der Waals surface area contributed by atoms with E-state index in [1.807, 2.05) is 0 Å². The first kappa shape index (κ1) is 12.0. The van der Waals surface area contributed by atoms with Crippen LogP contribution in [-0.2, 0) is 0 Å². The van der Waals surface area contributed by atoms with Crippen LogP contribution >= 0.6 is 22.9 Å². The Morgan fingerprint density at radius 1 is 1.47 bits per heavy atom. The lowest BCUT2D eigenvalue weighted by Gasteiger charge is -2.09. The first-order valence-electron chi connectivity index (χ1n) is 4.77. The van der Waals surface area contributed by atoms with E-state index in [4.69, 9.17) is 17.3 Å². The number of rotatable bonds is 3. The van der Waals surface area contributed by atoms with Crippen molar-refractivity contribution in [2.24, 2.45) is 5.73 Å². The number of benzene rings is 1. The fourth-order valence-electron chi connectivity index (χ4n) is 1.38. The molecule has 0 bridgehead atoms. The summed E-state index contributed by atoms with van der Waals surface area (Å²) < 4.78 is 0. The number of aliphatic hydroxyl groups is 1. The van der Waals surface area contributed by atoms with Crippen molar-refractivity contribution in [3.8, 4) is 0 Å². The second kappa shape index (κ2) is 4.83. The van der Waals surface area contributed by atoms with E-state index in [9.17, 15) is 9.90 Å². The molecule has 88 valence electrons. The van der Waals surface area contributed by atoms with E-state index in [0.29, 0.717) is 15.5 Å². The third-order valence-electron chi connectivity index (χ3n) is 2.20. The van der Waals surface area contributed by atoms with Crippen molar-refractivity contribution in [1.29, 1.82) is 0 Å². The average Bonchev–Trinajstić information content (AvgIpc) is 2.78. The third kappa shape index (κ3) is 2.46. The molecule has 3 N–H and O–H groups in total. The Labute approximate surface area is 107 Å². The van der Waals surface area contributed by atoms with E-state index >= 15 is 0 Å². The molecule has 1 unspecified atom stereocenters. The highest BCUT2D eigenvalue weighted by molar-refractivity contribution is 7.13. The fraction of sp³-hybridized carbons (Fsp3) is 0.0909. The smallest absolute Gasteiger partial charge is 0.277 e. The van der Waals surface area contributed by atoms with Crippen molar-refractivity contribution in [3.63, 3.8) is 0 Å². The summed E-state index contributed by atoms with van der Waals surface area (Å²) in [6, 6.07) is 6.97. The van der Waals surface area contributed by atoms with E-state index in [-0.39, 0.29) is 5.01 Å². The zero-order chi connectivity index (χ0) is 12.4. The van der Waals surface area contributed by atoms with Gasteiger partial charge in [-0.25, -0.2) is 4.98 Å². The Morgan fingerprint density at radius 3 is 2.76 bits per heavy atom. The maximum atomic E-state index is 10.9. The molecule has 1 atom stereocenters. The molecule has 2 aromatic rings. The number of amides is 1. The first-order chi connectivity index (χ1) is 8.09. The standard InChI is InChI=1S/C11H9ClN2O2S/c12-7-4-2-1-3-6(7)9(15)8-5-14-11(17-8)10(13)16/h1-5,9,15H,(H2,13,16). The predicted molar refractivity (Wildman–Crippen MR) is 66.1 cm³/mol. The van der Waals surface area contributed by atoms with Crippen LogP contribution in [0.15, 0.2) is 30.5 Å². The Hall–Kier alpha value is -1.43. The summed E-state index contributed by atoms with van der Waals surface area (Å²) in [6.07, 6.45) is 0.535. The number of hydrogen-bond acceptors (Lipinski definition) is 4. The third-order valence-corrected chi connectivity index (χ3v) is 3.61. The zero-order valence-electron chi connectivity index (χ0n) is 8.63. The number of aliphatic hydroxyl groups excluding tert-OH is 1. The molecule has 0 aliphatic rings. The van der Waals surface area contributed by atoms with Crippen LogP contribution in [0.4, 0.5) is 0 Å². The van der Waals surface area contributed by atoms with Crippen LogP contribution in [0.3, 0.4) is 0 Å². The maximum Gasteiger partial charge on any atom is 0.277 e. The second-order valence-electron chi connectivity index (χ2n) is 3.36. The van der Waals surface area contributed by atoms with Crippen molar-refractivity contribution in [2.75, 3.05) is 0 Å². The Kier molecular flexibility index (Phi) is 3.42. The topological polar surface area (TPSA) is 76.2 Å². The molecule has 1 amide bonds.